The number of hydrogen-bond donors (Lipinski definition) is 2. The third kappa shape index (κ3) is 5.76. The SMILES string of the molecule is O=C(COC(=O)[C@@H]1CC(=O)N(NC(=O)c2ccccc2[N+](=O)[O-])C1)Nc1cccc(Cl)c1Cl. The average molecular weight is 495 g/mol. The Kier molecular flexibility index (Phi) is 7.46. The minimum atomic E-state index is -0.939. The van der Waals surface area contributed by atoms with Gasteiger partial charge in [-0.3, -0.25) is 39.7 Å². The molecule has 3 amide bonds. The van der Waals surface area contributed by atoms with Crippen LogP contribution in [0.1, 0.15) is 16.8 Å². The van der Waals surface area contributed by atoms with Gasteiger partial charge in [0.15, 0.2) is 6.61 Å². The van der Waals surface area contributed by atoms with Gasteiger partial charge in [-0.1, -0.05) is 41.4 Å². The summed E-state index contributed by atoms with van der Waals surface area (Å²) >= 11 is 11.8. The Morgan fingerprint density at radius 1 is 1.15 bits per heavy atom. The molecule has 0 bridgehead atoms. The molecule has 33 heavy (non-hydrogen) atoms. The van der Waals surface area contributed by atoms with Gasteiger partial charge < -0.3 is 10.1 Å². The van der Waals surface area contributed by atoms with Gasteiger partial charge in [0, 0.05) is 12.5 Å². The van der Waals surface area contributed by atoms with E-state index in [1.54, 1.807) is 6.07 Å². The predicted molar refractivity (Wildman–Crippen MR) is 116 cm³/mol. The van der Waals surface area contributed by atoms with Crippen LogP contribution in [-0.4, -0.2) is 46.8 Å². The number of rotatable bonds is 7. The van der Waals surface area contributed by atoms with Gasteiger partial charge in [0.2, 0.25) is 5.91 Å². The molecule has 2 aromatic carbocycles. The molecule has 0 aliphatic carbocycles. The number of carbonyl (C=O) groups is 4. The largest absolute Gasteiger partial charge is 0.455 e. The fraction of sp³-hybridized carbons (Fsp3) is 0.200. The van der Waals surface area contributed by atoms with Crippen molar-refractivity contribution in [2.45, 2.75) is 6.42 Å². The van der Waals surface area contributed by atoms with Crippen LogP contribution in [0.3, 0.4) is 0 Å². The number of carbonyl (C=O) groups excluding carboxylic acids is 4. The summed E-state index contributed by atoms with van der Waals surface area (Å²) in [5, 5.41) is 14.8. The maximum atomic E-state index is 12.4. The van der Waals surface area contributed by atoms with Crippen molar-refractivity contribution in [3.63, 3.8) is 0 Å². The Labute approximate surface area is 196 Å². The van der Waals surface area contributed by atoms with Crippen molar-refractivity contribution in [3.8, 4) is 0 Å². The fourth-order valence-electron chi connectivity index (χ4n) is 3.02. The average Bonchev–Trinajstić information content (AvgIpc) is 3.15. The molecule has 1 heterocycles. The highest BCUT2D eigenvalue weighted by Gasteiger charge is 2.37. The Balaban J connectivity index is 1.54. The lowest BCUT2D eigenvalue weighted by Crippen LogP contribution is -2.43. The van der Waals surface area contributed by atoms with Gasteiger partial charge in [-0.25, -0.2) is 0 Å². The number of nitro benzene ring substituents is 1. The highest BCUT2D eigenvalue weighted by atomic mass is 35.5. The van der Waals surface area contributed by atoms with Crippen molar-refractivity contribution in [3.05, 3.63) is 68.2 Å². The summed E-state index contributed by atoms with van der Waals surface area (Å²) in [6.07, 6.45) is -0.266. The number of halogens is 2. The molecule has 1 aliphatic heterocycles. The first-order chi connectivity index (χ1) is 15.7. The molecule has 11 nitrogen and oxygen atoms in total. The molecule has 0 unspecified atom stereocenters. The number of esters is 1. The van der Waals surface area contributed by atoms with Crippen LogP contribution in [-0.2, 0) is 19.1 Å². The second-order valence-electron chi connectivity index (χ2n) is 6.88. The summed E-state index contributed by atoms with van der Waals surface area (Å²) in [7, 11) is 0. The summed E-state index contributed by atoms with van der Waals surface area (Å²) in [4.78, 5) is 59.3. The van der Waals surface area contributed by atoms with Crippen LogP contribution in [0.15, 0.2) is 42.5 Å². The molecule has 3 rings (SSSR count). The van der Waals surface area contributed by atoms with Gasteiger partial charge >= 0.3 is 5.97 Å². The molecule has 1 saturated heterocycles. The van der Waals surface area contributed by atoms with Crippen LogP contribution < -0.4 is 10.7 Å². The topological polar surface area (TPSA) is 148 Å². The molecule has 1 atom stereocenters. The van der Waals surface area contributed by atoms with Crippen molar-refractivity contribution in [2.24, 2.45) is 5.92 Å². The van der Waals surface area contributed by atoms with Crippen LogP contribution in [0.25, 0.3) is 0 Å². The Hall–Kier alpha value is -3.70. The monoisotopic (exact) mass is 494 g/mol. The van der Waals surface area contributed by atoms with E-state index in [0.717, 1.165) is 11.1 Å². The van der Waals surface area contributed by atoms with E-state index in [-0.39, 0.29) is 34.3 Å². The summed E-state index contributed by atoms with van der Waals surface area (Å²) in [5.74, 6) is -3.89. The molecule has 0 radical (unpaired) electrons. The maximum Gasteiger partial charge on any atom is 0.311 e. The second-order valence-corrected chi connectivity index (χ2v) is 7.66. The van der Waals surface area contributed by atoms with Gasteiger partial charge in [0.1, 0.15) is 5.56 Å². The second kappa shape index (κ2) is 10.3. The highest BCUT2D eigenvalue weighted by Crippen LogP contribution is 2.29. The van der Waals surface area contributed by atoms with E-state index in [1.165, 1.54) is 30.3 Å². The van der Waals surface area contributed by atoms with Crippen LogP contribution in [0.5, 0.6) is 0 Å². The first-order valence-electron chi connectivity index (χ1n) is 9.42. The third-order valence-corrected chi connectivity index (χ3v) is 5.43. The molecule has 172 valence electrons. The van der Waals surface area contributed by atoms with Crippen LogP contribution in [0, 0.1) is 16.0 Å². The zero-order valence-corrected chi connectivity index (χ0v) is 18.3. The molecule has 0 saturated carbocycles. The standard InChI is InChI=1S/C20H16Cl2N4O7/c21-13-5-3-6-14(18(13)22)23-16(27)10-33-20(30)11-8-17(28)25(9-11)24-19(29)12-4-1-2-7-15(12)26(31)32/h1-7,11H,8-10H2,(H,23,27)(H,24,29)/t11-/m1/s1. The van der Waals surface area contributed by atoms with Crippen molar-refractivity contribution in [1.29, 1.82) is 0 Å². The number of amides is 3. The first-order valence-corrected chi connectivity index (χ1v) is 10.2. The minimum Gasteiger partial charge on any atom is -0.455 e. The maximum absolute atomic E-state index is 12.4. The first kappa shape index (κ1) is 24.0. The lowest BCUT2D eigenvalue weighted by atomic mass is 10.1. The smallest absolute Gasteiger partial charge is 0.311 e. The van der Waals surface area contributed by atoms with Crippen molar-refractivity contribution in [1.82, 2.24) is 10.4 Å². The van der Waals surface area contributed by atoms with E-state index in [0.29, 0.717) is 0 Å². The van der Waals surface area contributed by atoms with Crippen molar-refractivity contribution >= 4 is 58.3 Å². The Morgan fingerprint density at radius 2 is 1.88 bits per heavy atom. The van der Waals surface area contributed by atoms with Crippen molar-refractivity contribution in [2.75, 3.05) is 18.5 Å². The van der Waals surface area contributed by atoms with E-state index in [2.05, 4.69) is 10.7 Å². The summed E-state index contributed by atoms with van der Waals surface area (Å²) in [6.45, 7) is -0.847. The number of para-hydroxylation sites is 1. The van der Waals surface area contributed by atoms with Gasteiger partial charge in [-0.05, 0) is 18.2 Å². The molecule has 2 N–H and O–H groups in total. The highest BCUT2D eigenvalue weighted by molar-refractivity contribution is 6.44. The van der Waals surface area contributed by atoms with E-state index in [4.69, 9.17) is 27.9 Å². The van der Waals surface area contributed by atoms with Crippen LogP contribution in [0.2, 0.25) is 10.0 Å². The molecular formula is C20H16Cl2N4O7. The molecule has 1 fully saturated rings. The lowest BCUT2D eigenvalue weighted by molar-refractivity contribution is -0.385. The molecule has 2 aromatic rings. The molecule has 0 spiro atoms. The van der Waals surface area contributed by atoms with E-state index < -0.39 is 46.8 Å². The lowest BCUT2D eigenvalue weighted by Gasteiger charge is -2.17. The number of nitrogens with one attached hydrogen (secondary N) is 2. The van der Waals surface area contributed by atoms with Crippen molar-refractivity contribution < 1.29 is 28.8 Å². The minimum absolute atomic E-state index is 0.130. The zero-order chi connectivity index (χ0) is 24.1. The van der Waals surface area contributed by atoms with Gasteiger partial charge in [-0.2, -0.15) is 0 Å². The normalized spacial score (nSPS) is 15.2. The van der Waals surface area contributed by atoms with E-state index in [1.807, 2.05) is 0 Å². The van der Waals surface area contributed by atoms with E-state index in [9.17, 15) is 29.3 Å². The van der Waals surface area contributed by atoms with Gasteiger partial charge in [0.25, 0.3) is 17.5 Å². The van der Waals surface area contributed by atoms with Gasteiger partial charge in [0.05, 0.1) is 33.1 Å². The fourth-order valence-corrected chi connectivity index (χ4v) is 3.37. The number of hydrogen-bond acceptors (Lipinski definition) is 7. The number of ether oxygens (including phenoxy) is 1. The number of benzene rings is 2. The van der Waals surface area contributed by atoms with E-state index >= 15 is 0 Å². The number of nitrogens with zero attached hydrogens (tertiary/aromatic N) is 2. The third-order valence-electron chi connectivity index (χ3n) is 4.61. The number of nitro groups is 1. The Bertz CT molecular complexity index is 1140. The summed E-state index contributed by atoms with van der Waals surface area (Å²) < 4.78 is 4.96. The molecule has 1 aliphatic rings. The number of anilines is 1. The molecule has 0 aromatic heterocycles. The zero-order valence-electron chi connectivity index (χ0n) is 16.7. The predicted octanol–water partition coefficient (Wildman–Crippen LogP) is 2.58. The quantitative estimate of drug-likeness (QED) is 0.341. The number of hydrazine groups is 1. The summed E-state index contributed by atoms with van der Waals surface area (Å²) in [5.41, 5.74) is 1.84. The van der Waals surface area contributed by atoms with Gasteiger partial charge in [-0.15, -0.1) is 0 Å². The molecule has 13 heteroatoms. The van der Waals surface area contributed by atoms with Crippen LogP contribution in [0.4, 0.5) is 11.4 Å². The van der Waals surface area contributed by atoms with Crippen LogP contribution >= 0.6 is 23.2 Å². The Morgan fingerprint density at radius 3 is 2.61 bits per heavy atom. The summed E-state index contributed by atoms with van der Waals surface area (Å²) in [6, 6.07) is 9.87. The molecular weight excluding hydrogens is 479 g/mol.